The van der Waals surface area contributed by atoms with E-state index >= 15 is 0 Å². The average molecular weight is 443 g/mol. The Morgan fingerprint density at radius 3 is 1.89 bits per heavy atom. The molecule has 0 aliphatic heterocycles. The minimum Gasteiger partial charge on any atom is -0.459 e. The Kier molecular flexibility index (Phi) is 7.02. The van der Waals surface area contributed by atoms with Crippen LogP contribution in [0.15, 0.2) is 30.3 Å². The summed E-state index contributed by atoms with van der Waals surface area (Å²) in [7, 11) is 0. The van der Waals surface area contributed by atoms with Gasteiger partial charge < -0.3 is 4.74 Å². The number of rotatable bonds is 4. The SMILES string of the molecule is Cc1cc(C)cc(N(CC(=O)OC(C)(C)C)C(=O)c2c(Cl)cc(Cl)cc2Cl)c1. The van der Waals surface area contributed by atoms with Gasteiger partial charge in [0.2, 0.25) is 0 Å². The molecular weight excluding hydrogens is 421 g/mol. The van der Waals surface area contributed by atoms with Crippen LogP contribution in [-0.4, -0.2) is 24.0 Å². The minimum absolute atomic E-state index is 0.0791. The number of benzene rings is 2. The van der Waals surface area contributed by atoms with Gasteiger partial charge in [-0.2, -0.15) is 0 Å². The lowest BCUT2D eigenvalue weighted by Gasteiger charge is -2.26. The summed E-state index contributed by atoms with van der Waals surface area (Å²) in [6, 6.07) is 8.48. The maximum atomic E-state index is 13.3. The van der Waals surface area contributed by atoms with Crippen LogP contribution in [0.5, 0.6) is 0 Å². The monoisotopic (exact) mass is 441 g/mol. The fraction of sp³-hybridized carbons (Fsp3) is 0.333. The number of amides is 1. The molecule has 0 saturated heterocycles. The Hall–Kier alpha value is -1.75. The first-order valence-electron chi connectivity index (χ1n) is 8.64. The van der Waals surface area contributed by atoms with Crippen molar-refractivity contribution in [3.8, 4) is 0 Å². The maximum absolute atomic E-state index is 13.3. The van der Waals surface area contributed by atoms with Gasteiger partial charge in [-0.1, -0.05) is 40.9 Å². The summed E-state index contributed by atoms with van der Waals surface area (Å²) in [5.41, 5.74) is 1.85. The number of hydrogen-bond donors (Lipinski definition) is 0. The van der Waals surface area contributed by atoms with Gasteiger partial charge in [0.25, 0.3) is 5.91 Å². The number of carbonyl (C=O) groups is 2. The molecule has 0 spiro atoms. The first kappa shape index (κ1) is 22.5. The van der Waals surface area contributed by atoms with Crippen LogP contribution in [0.25, 0.3) is 0 Å². The molecule has 4 nitrogen and oxygen atoms in total. The van der Waals surface area contributed by atoms with Gasteiger partial charge in [-0.25, -0.2) is 0 Å². The molecule has 2 rings (SSSR count). The maximum Gasteiger partial charge on any atom is 0.326 e. The summed E-state index contributed by atoms with van der Waals surface area (Å²) in [5, 5.41) is 0.541. The number of anilines is 1. The van der Waals surface area contributed by atoms with E-state index in [2.05, 4.69) is 0 Å². The standard InChI is InChI=1S/C21H22Cl3NO3/c1-12-6-13(2)8-15(7-12)25(11-18(26)28-21(3,4)5)20(27)19-16(23)9-14(22)10-17(19)24/h6-10H,11H2,1-5H3. The topological polar surface area (TPSA) is 46.6 Å². The first-order chi connectivity index (χ1) is 12.9. The highest BCUT2D eigenvalue weighted by Gasteiger charge is 2.27. The molecule has 7 heteroatoms. The third-order valence-corrected chi connectivity index (χ3v) is 4.51. The zero-order chi connectivity index (χ0) is 21.2. The van der Waals surface area contributed by atoms with E-state index < -0.39 is 17.5 Å². The van der Waals surface area contributed by atoms with Crippen LogP contribution in [0.1, 0.15) is 42.3 Å². The van der Waals surface area contributed by atoms with Gasteiger partial charge in [0.15, 0.2) is 0 Å². The Labute approximate surface area is 180 Å². The van der Waals surface area contributed by atoms with Crippen molar-refractivity contribution in [2.45, 2.75) is 40.2 Å². The molecule has 0 N–H and O–H groups in total. The molecule has 1 amide bonds. The average Bonchev–Trinajstić information content (AvgIpc) is 2.48. The number of esters is 1. The fourth-order valence-corrected chi connectivity index (χ4v) is 3.75. The smallest absolute Gasteiger partial charge is 0.326 e. The molecule has 0 unspecified atom stereocenters. The lowest BCUT2D eigenvalue weighted by molar-refractivity contribution is -0.152. The summed E-state index contributed by atoms with van der Waals surface area (Å²) in [5.74, 6) is -1.05. The van der Waals surface area contributed by atoms with Gasteiger partial charge in [0, 0.05) is 10.7 Å². The van der Waals surface area contributed by atoms with Crippen molar-refractivity contribution >= 4 is 52.4 Å². The number of aryl methyl sites for hydroxylation is 2. The molecule has 0 atom stereocenters. The molecule has 0 saturated carbocycles. The Morgan fingerprint density at radius 1 is 0.929 bits per heavy atom. The molecule has 150 valence electrons. The van der Waals surface area contributed by atoms with Crippen molar-refractivity contribution < 1.29 is 14.3 Å². The predicted molar refractivity (Wildman–Crippen MR) is 115 cm³/mol. The number of hydrogen-bond acceptors (Lipinski definition) is 3. The molecule has 0 aliphatic carbocycles. The Morgan fingerprint density at radius 2 is 1.43 bits per heavy atom. The number of halogens is 3. The summed E-state index contributed by atoms with van der Waals surface area (Å²) >= 11 is 18.4. The van der Waals surface area contributed by atoms with E-state index in [0.29, 0.717) is 10.7 Å². The van der Waals surface area contributed by atoms with Gasteiger partial charge in [0.1, 0.15) is 12.1 Å². The van der Waals surface area contributed by atoms with E-state index in [4.69, 9.17) is 39.5 Å². The minimum atomic E-state index is -0.677. The molecule has 0 bridgehead atoms. The van der Waals surface area contributed by atoms with E-state index in [0.717, 1.165) is 11.1 Å². The van der Waals surface area contributed by atoms with Crippen molar-refractivity contribution in [2.75, 3.05) is 11.4 Å². The highest BCUT2D eigenvalue weighted by Crippen LogP contribution is 2.32. The normalized spacial score (nSPS) is 11.3. The van der Waals surface area contributed by atoms with E-state index in [1.807, 2.05) is 32.0 Å². The molecule has 2 aromatic carbocycles. The second kappa shape index (κ2) is 8.73. The predicted octanol–water partition coefficient (Wildman–Crippen LogP) is 6.25. The van der Waals surface area contributed by atoms with E-state index in [1.54, 1.807) is 20.8 Å². The second-order valence-electron chi connectivity index (χ2n) is 7.57. The van der Waals surface area contributed by atoms with Crippen LogP contribution in [0.3, 0.4) is 0 Å². The molecule has 2 aromatic rings. The van der Waals surface area contributed by atoms with Gasteiger partial charge in [0.05, 0.1) is 15.6 Å². The number of carbonyl (C=O) groups excluding carboxylic acids is 2. The molecule has 0 heterocycles. The van der Waals surface area contributed by atoms with Crippen molar-refractivity contribution in [1.29, 1.82) is 0 Å². The van der Waals surface area contributed by atoms with Crippen LogP contribution in [-0.2, 0) is 9.53 Å². The molecule has 0 fully saturated rings. The van der Waals surface area contributed by atoms with Crippen LogP contribution >= 0.6 is 34.8 Å². The Bertz CT molecular complexity index is 876. The van der Waals surface area contributed by atoms with E-state index in [9.17, 15) is 9.59 Å². The summed E-state index contributed by atoms with van der Waals surface area (Å²) in [6.07, 6.45) is 0. The third-order valence-electron chi connectivity index (χ3n) is 3.69. The lowest BCUT2D eigenvalue weighted by Crippen LogP contribution is -2.39. The van der Waals surface area contributed by atoms with Crippen LogP contribution in [0.4, 0.5) is 5.69 Å². The summed E-state index contributed by atoms with van der Waals surface area (Å²) in [4.78, 5) is 27.1. The molecular formula is C21H22Cl3NO3. The van der Waals surface area contributed by atoms with Gasteiger partial charge in [-0.05, 0) is 70.0 Å². The lowest BCUT2D eigenvalue weighted by atomic mass is 10.1. The first-order valence-corrected chi connectivity index (χ1v) is 9.77. The highest BCUT2D eigenvalue weighted by molar-refractivity contribution is 6.42. The molecule has 28 heavy (non-hydrogen) atoms. The largest absolute Gasteiger partial charge is 0.459 e. The van der Waals surface area contributed by atoms with Crippen LogP contribution < -0.4 is 4.90 Å². The zero-order valence-electron chi connectivity index (χ0n) is 16.4. The number of ether oxygens (including phenoxy) is 1. The quantitative estimate of drug-likeness (QED) is 0.526. The highest BCUT2D eigenvalue weighted by atomic mass is 35.5. The molecule has 0 radical (unpaired) electrons. The van der Waals surface area contributed by atoms with Gasteiger partial charge in [-0.3, -0.25) is 14.5 Å². The van der Waals surface area contributed by atoms with Crippen molar-refractivity contribution in [3.63, 3.8) is 0 Å². The van der Waals surface area contributed by atoms with E-state index in [-0.39, 0.29) is 22.2 Å². The van der Waals surface area contributed by atoms with Crippen molar-refractivity contribution in [2.24, 2.45) is 0 Å². The summed E-state index contributed by atoms with van der Waals surface area (Å²) in [6.45, 7) is 8.83. The molecule has 0 aromatic heterocycles. The van der Waals surface area contributed by atoms with Crippen LogP contribution in [0, 0.1) is 13.8 Å². The van der Waals surface area contributed by atoms with Gasteiger partial charge >= 0.3 is 5.97 Å². The van der Waals surface area contributed by atoms with Crippen molar-refractivity contribution in [1.82, 2.24) is 0 Å². The second-order valence-corrected chi connectivity index (χ2v) is 8.82. The van der Waals surface area contributed by atoms with Crippen molar-refractivity contribution in [3.05, 3.63) is 62.1 Å². The van der Waals surface area contributed by atoms with Crippen LogP contribution in [0.2, 0.25) is 15.1 Å². The fourth-order valence-electron chi connectivity index (χ4n) is 2.77. The number of nitrogens with zero attached hydrogens (tertiary/aromatic N) is 1. The molecule has 0 aliphatic rings. The summed E-state index contributed by atoms with van der Waals surface area (Å²) < 4.78 is 5.40. The van der Waals surface area contributed by atoms with Gasteiger partial charge in [-0.15, -0.1) is 0 Å². The third kappa shape index (κ3) is 5.87. The Balaban J connectivity index is 2.52. The zero-order valence-corrected chi connectivity index (χ0v) is 18.7. The van der Waals surface area contributed by atoms with E-state index in [1.165, 1.54) is 17.0 Å².